The Hall–Kier alpha value is -3.53. The minimum Gasteiger partial charge on any atom is -0.508 e. The molecule has 0 unspecified atom stereocenters. The van der Waals surface area contributed by atoms with Crippen LogP contribution in [0.1, 0.15) is 21.5 Å². The molecular weight excluding hydrogens is 328 g/mol. The summed E-state index contributed by atoms with van der Waals surface area (Å²) in [5, 5.41) is 9.50. The number of hydrogen-bond donors (Lipinski definition) is 1. The minimum atomic E-state index is -0.194. The van der Waals surface area contributed by atoms with E-state index in [4.69, 9.17) is 9.47 Å². The maximum Gasteiger partial charge on any atom is 0.231 e. The first kappa shape index (κ1) is 16.0. The topological polar surface area (TPSA) is 55.8 Å². The zero-order chi connectivity index (χ0) is 18.1. The molecule has 1 N–H and O–H groups in total. The number of phenols is 1. The van der Waals surface area contributed by atoms with Gasteiger partial charge in [0.15, 0.2) is 5.76 Å². The van der Waals surface area contributed by atoms with Crippen molar-refractivity contribution in [1.29, 1.82) is 0 Å². The van der Waals surface area contributed by atoms with Crippen LogP contribution in [0.2, 0.25) is 0 Å². The number of fused-ring (bicyclic) bond motifs is 1. The van der Waals surface area contributed by atoms with Crippen molar-refractivity contribution in [3.05, 3.63) is 89.2 Å². The summed E-state index contributed by atoms with van der Waals surface area (Å²) >= 11 is 0. The lowest BCUT2D eigenvalue weighted by atomic mass is 10.1. The van der Waals surface area contributed by atoms with Crippen molar-refractivity contribution in [1.82, 2.24) is 0 Å². The van der Waals surface area contributed by atoms with Crippen LogP contribution < -0.4 is 9.47 Å². The van der Waals surface area contributed by atoms with E-state index in [9.17, 15) is 9.90 Å². The molecule has 1 aliphatic rings. The molecule has 0 amide bonds. The number of carbonyl (C=O) groups is 1. The molecule has 0 atom stereocenters. The highest BCUT2D eigenvalue weighted by Crippen LogP contribution is 2.34. The van der Waals surface area contributed by atoms with Crippen molar-refractivity contribution in [2.24, 2.45) is 0 Å². The van der Waals surface area contributed by atoms with Gasteiger partial charge in [0.05, 0.1) is 5.56 Å². The summed E-state index contributed by atoms with van der Waals surface area (Å²) < 4.78 is 11.4. The summed E-state index contributed by atoms with van der Waals surface area (Å²) in [6.07, 6.45) is 1.68. The van der Waals surface area contributed by atoms with Crippen LogP contribution in [0.4, 0.5) is 0 Å². The molecule has 1 heterocycles. The summed E-state index contributed by atoms with van der Waals surface area (Å²) in [6.45, 7) is 2.03. The number of aromatic hydroxyl groups is 1. The van der Waals surface area contributed by atoms with Gasteiger partial charge in [0, 0.05) is 6.07 Å². The molecule has 0 saturated carbocycles. The molecule has 1 aliphatic heterocycles. The second kappa shape index (κ2) is 6.41. The van der Waals surface area contributed by atoms with Crippen molar-refractivity contribution in [3.8, 4) is 23.0 Å². The Balaban J connectivity index is 1.52. The summed E-state index contributed by atoms with van der Waals surface area (Å²) in [6, 6.07) is 19.7. The highest BCUT2D eigenvalue weighted by atomic mass is 16.5. The fraction of sp³-hybridized carbons (Fsp3) is 0.0455. The average molecular weight is 344 g/mol. The smallest absolute Gasteiger partial charge is 0.231 e. The van der Waals surface area contributed by atoms with E-state index in [0.29, 0.717) is 17.1 Å². The number of allylic oxidation sites excluding steroid dienone is 1. The van der Waals surface area contributed by atoms with Crippen LogP contribution in [-0.2, 0) is 0 Å². The summed E-state index contributed by atoms with van der Waals surface area (Å²) in [4.78, 5) is 12.3. The van der Waals surface area contributed by atoms with Gasteiger partial charge in [-0.1, -0.05) is 29.8 Å². The van der Waals surface area contributed by atoms with Crippen molar-refractivity contribution in [2.45, 2.75) is 6.92 Å². The molecule has 0 aromatic heterocycles. The molecule has 0 aliphatic carbocycles. The predicted octanol–water partition coefficient (Wildman–Crippen LogP) is 5.11. The quantitative estimate of drug-likeness (QED) is 0.671. The third-order valence-electron chi connectivity index (χ3n) is 4.09. The van der Waals surface area contributed by atoms with E-state index in [-0.39, 0.29) is 17.3 Å². The number of Topliss-reactive ketones (excluding diaryl/α,β-unsaturated/α-hetero) is 1. The van der Waals surface area contributed by atoms with E-state index in [1.807, 2.05) is 55.5 Å². The lowest BCUT2D eigenvalue weighted by Crippen LogP contribution is -1.97. The fourth-order valence-corrected chi connectivity index (χ4v) is 2.70. The molecule has 3 aromatic rings. The SMILES string of the molecule is Cc1ccc(Oc2ccc(/C=C3\Oc4cc(O)ccc4C3=O)cc2)cc1. The maximum absolute atomic E-state index is 12.3. The van der Waals surface area contributed by atoms with Crippen molar-refractivity contribution >= 4 is 11.9 Å². The zero-order valence-corrected chi connectivity index (χ0v) is 14.1. The van der Waals surface area contributed by atoms with Crippen LogP contribution in [0.3, 0.4) is 0 Å². The van der Waals surface area contributed by atoms with Gasteiger partial charge >= 0.3 is 0 Å². The van der Waals surface area contributed by atoms with Crippen LogP contribution in [0.5, 0.6) is 23.0 Å². The third-order valence-corrected chi connectivity index (χ3v) is 4.09. The first-order valence-electron chi connectivity index (χ1n) is 8.20. The van der Waals surface area contributed by atoms with Crippen molar-refractivity contribution in [3.63, 3.8) is 0 Å². The normalized spacial score (nSPS) is 14.2. The number of ether oxygens (including phenoxy) is 2. The number of benzene rings is 3. The van der Waals surface area contributed by atoms with Crippen molar-refractivity contribution < 1.29 is 19.4 Å². The van der Waals surface area contributed by atoms with Gasteiger partial charge in [-0.3, -0.25) is 4.79 Å². The molecular formula is C22H16O4. The molecule has 0 saturated heterocycles. The van der Waals surface area contributed by atoms with Crippen molar-refractivity contribution in [2.75, 3.05) is 0 Å². The molecule has 4 nitrogen and oxygen atoms in total. The van der Waals surface area contributed by atoms with Crippen LogP contribution in [0, 0.1) is 6.92 Å². The van der Waals surface area contributed by atoms with E-state index in [1.165, 1.54) is 17.7 Å². The molecule has 0 fully saturated rings. The Labute approximate surface area is 150 Å². The standard InChI is InChI=1S/C22H16O4/c1-14-2-7-17(8-3-14)25-18-9-4-15(5-10-18)12-21-22(24)19-11-6-16(23)13-20(19)26-21/h2-13,23H,1H3/b21-12-. The Kier molecular flexibility index (Phi) is 3.93. The minimum absolute atomic E-state index is 0.0652. The molecule has 0 spiro atoms. The van der Waals surface area contributed by atoms with Gasteiger partial charge in [-0.25, -0.2) is 0 Å². The summed E-state index contributed by atoms with van der Waals surface area (Å²) in [7, 11) is 0. The number of carbonyl (C=O) groups excluding carboxylic acids is 1. The van der Waals surface area contributed by atoms with Crippen LogP contribution in [-0.4, -0.2) is 10.9 Å². The number of hydrogen-bond acceptors (Lipinski definition) is 4. The Morgan fingerprint density at radius 1 is 0.923 bits per heavy atom. The van der Waals surface area contributed by atoms with Crippen LogP contribution >= 0.6 is 0 Å². The molecule has 128 valence electrons. The zero-order valence-electron chi connectivity index (χ0n) is 14.1. The Morgan fingerprint density at radius 3 is 2.27 bits per heavy atom. The fourth-order valence-electron chi connectivity index (χ4n) is 2.70. The lowest BCUT2D eigenvalue weighted by molar-refractivity contribution is 0.101. The second-order valence-corrected chi connectivity index (χ2v) is 6.10. The summed E-state index contributed by atoms with van der Waals surface area (Å²) in [5.74, 6) is 1.96. The number of rotatable bonds is 3. The number of ketones is 1. The highest BCUT2D eigenvalue weighted by Gasteiger charge is 2.27. The molecule has 26 heavy (non-hydrogen) atoms. The van der Waals surface area contributed by atoms with E-state index in [0.717, 1.165) is 11.3 Å². The lowest BCUT2D eigenvalue weighted by Gasteiger charge is -2.06. The Morgan fingerprint density at radius 2 is 1.58 bits per heavy atom. The van der Waals surface area contributed by atoms with Gasteiger partial charge < -0.3 is 14.6 Å². The van der Waals surface area contributed by atoms with Gasteiger partial charge in [-0.05, 0) is 55.0 Å². The van der Waals surface area contributed by atoms with Gasteiger partial charge in [0.1, 0.15) is 23.0 Å². The third kappa shape index (κ3) is 3.17. The second-order valence-electron chi connectivity index (χ2n) is 6.10. The average Bonchev–Trinajstić information content (AvgIpc) is 2.93. The molecule has 4 heteroatoms. The van der Waals surface area contributed by atoms with E-state index < -0.39 is 0 Å². The highest BCUT2D eigenvalue weighted by molar-refractivity contribution is 6.14. The van der Waals surface area contributed by atoms with Crippen LogP contribution in [0.25, 0.3) is 6.08 Å². The summed E-state index contributed by atoms with van der Waals surface area (Å²) in [5.41, 5.74) is 2.45. The number of phenolic OH excluding ortho intramolecular Hbond substituents is 1. The molecule has 4 rings (SSSR count). The molecule has 0 bridgehead atoms. The van der Waals surface area contributed by atoms with Gasteiger partial charge in [-0.2, -0.15) is 0 Å². The van der Waals surface area contributed by atoms with E-state index >= 15 is 0 Å². The Bertz CT molecular complexity index is 999. The van der Waals surface area contributed by atoms with E-state index in [2.05, 4.69) is 0 Å². The first-order valence-corrected chi connectivity index (χ1v) is 8.20. The van der Waals surface area contributed by atoms with Crippen LogP contribution in [0.15, 0.2) is 72.5 Å². The van der Waals surface area contributed by atoms with Gasteiger partial charge in [-0.15, -0.1) is 0 Å². The largest absolute Gasteiger partial charge is 0.508 e. The number of aryl methyl sites for hydroxylation is 1. The van der Waals surface area contributed by atoms with E-state index in [1.54, 1.807) is 12.1 Å². The predicted molar refractivity (Wildman–Crippen MR) is 98.7 cm³/mol. The maximum atomic E-state index is 12.3. The monoisotopic (exact) mass is 344 g/mol. The van der Waals surface area contributed by atoms with Gasteiger partial charge in [0.25, 0.3) is 0 Å². The first-order chi connectivity index (χ1) is 12.6. The van der Waals surface area contributed by atoms with Gasteiger partial charge in [0.2, 0.25) is 5.78 Å². The molecule has 0 radical (unpaired) electrons. The molecule has 3 aromatic carbocycles.